The minimum absolute atomic E-state index is 0.136. The largest absolute Gasteiger partial charge is 0.465 e. The zero-order valence-corrected chi connectivity index (χ0v) is 8.46. The lowest BCUT2D eigenvalue weighted by molar-refractivity contribution is -0.276. The SMILES string of the molecule is N#Cc1ccc(OC(=O)C(F)(F)C(F)(F)F)cc1. The van der Waals surface area contributed by atoms with Crippen molar-refractivity contribution in [2.24, 2.45) is 0 Å². The summed E-state index contributed by atoms with van der Waals surface area (Å²) >= 11 is 0. The number of benzene rings is 1. The molecule has 0 N–H and O–H groups in total. The average Bonchev–Trinajstić information content (AvgIpc) is 2.28. The Morgan fingerprint density at radius 1 is 1.11 bits per heavy atom. The van der Waals surface area contributed by atoms with Gasteiger partial charge in [-0.25, -0.2) is 4.79 Å². The number of rotatable bonds is 2. The maximum absolute atomic E-state index is 12.5. The Hall–Kier alpha value is -2.17. The van der Waals surface area contributed by atoms with E-state index in [1.165, 1.54) is 0 Å². The lowest BCUT2D eigenvalue weighted by atomic mass is 10.2. The number of ether oxygens (including phenoxy) is 1. The van der Waals surface area contributed by atoms with Crippen LogP contribution in [0.25, 0.3) is 0 Å². The van der Waals surface area contributed by atoms with Gasteiger partial charge in [-0.1, -0.05) is 0 Å². The summed E-state index contributed by atoms with van der Waals surface area (Å²) < 4.78 is 64.3. The monoisotopic (exact) mass is 265 g/mol. The lowest BCUT2D eigenvalue weighted by Gasteiger charge is -2.17. The number of nitrogens with zero attached hydrogens (tertiary/aromatic N) is 1. The van der Waals surface area contributed by atoms with Crippen molar-refractivity contribution < 1.29 is 31.5 Å². The molecule has 0 saturated carbocycles. The summed E-state index contributed by atoms with van der Waals surface area (Å²) in [6.07, 6.45) is -6.02. The second-order valence-electron chi connectivity index (χ2n) is 3.10. The molecule has 0 amide bonds. The number of alkyl halides is 5. The molecule has 18 heavy (non-hydrogen) atoms. The van der Waals surface area contributed by atoms with Crippen molar-refractivity contribution in [3.05, 3.63) is 29.8 Å². The Morgan fingerprint density at radius 3 is 2.00 bits per heavy atom. The molecule has 0 spiro atoms. The molecule has 3 nitrogen and oxygen atoms in total. The van der Waals surface area contributed by atoms with Crippen LogP contribution in [0.15, 0.2) is 24.3 Å². The third-order valence-corrected chi connectivity index (χ3v) is 1.81. The molecule has 0 unspecified atom stereocenters. The van der Waals surface area contributed by atoms with E-state index in [1.54, 1.807) is 6.07 Å². The number of hydrogen-bond donors (Lipinski definition) is 0. The molecule has 0 aliphatic carbocycles. The summed E-state index contributed by atoms with van der Waals surface area (Å²) in [7, 11) is 0. The van der Waals surface area contributed by atoms with E-state index >= 15 is 0 Å². The van der Waals surface area contributed by atoms with E-state index in [0.29, 0.717) is 0 Å². The second-order valence-corrected chi connectivity index (χ2v) is 3.10. The quantitative estimate of drug-likeness (QED) is 0.469. The minimum atomic E-state index is -6.02. The van der Waals surface area contributed by atoms with E-state index in [9.17, 15) is 26.7 Å². The molecule has 0 aliphatic heterocycles. The maximum atomic E-state index is 12.5. The highest BCUT2D eigenvalue weighted by atomic mass is 19.4. The first-order chi connectivity index (χ1) is 8.18. The van der Waals surface area contributed by atoms with Crippen LogP contribution in [0.1, 0.15) is 5.56 Å². The molecule has 0 atom stereocenters. The third-order valence-electron chi connectivity index (χ3n) is 1.81. The molecule has 0 aromatic heterocycles. The highest BCUT2D eigenvalue weighted by molar-refractivity contribution is 5.80. The van der Waals surface area contributed by atoms with Crippen LogP contribution in [0.3, 0.4) is 0 Å². The van der Waals surface area contributed by atoms with Gasteiger partial charge in [0.25, 0.3) is 0 Å². The van der Waals surface area contributed by atoms with Crippen LogP contribution < -0.4 is 4.74 Å². The first-order valence-corrected chi connectivity index (χ1v) is 4.35. The molecular weight excluding hydrogens is 261 g/mol. The highest BCUT2D eigenvalue weighted by Crippen LogP contribution is 2.36. The van der Waals surface area contributed by atoms with Gasteiger partial charge in [-0.2, -0.15) is 27.2 Å². The van der Waals surface area contributed by atoms with Crippen LogP contribution in [-0.2, 0) is 4.79 Å². The predicted octanol–water partition coefficient (Wildman–Crippen LogP) is 2.66. The standard InChI is InChI=1S/C10H4F5NO2/c11-9(12,10(13,14)15)8(17)18-7-3-1-6(5-16)2-4-7/h1-4H. The lowest BCUT2D eigenvalue weighted by Crippen LogP contribution is -2.46. The van der Waals surface area contributed by atoms with Gasteiger partial charge >= 0.3 is 18.1 Å². The molecule has 0 saturated heterocycles. The van der Waals surface area contributed by atoms with Crippen LogP contribution in [0.4, 0.5) is 22.0 Å². The van der Waals surface area contributed by atoms with Crippen molar-refractivity contribution >= 4 is 5.97 Å². The van der Waals surface area contributed by atoms with E-state index in [4.69, 9.17) is 5.26 Å². The van der Waals surface area contributed by atoms with Gasteiger partial charge in [-0.05, 0) is 24.3 Å². The summed E-state index contributed by atoms with van der Waals surface area (Å²) in [6, 6.07) is 5.77. The molecule has 1 aromatic carbocycles. The Kier molecular flexibility index (Phi) is 3.55. The molecule has 0 bridgehead atoms. The summed E-state index contributed by atoms with van der Waals surface area (Å²) in [6.45, 7) is 0. The predicted molar refractivity (Wildman–Crippen MR) is 47.8 cm³/mol. The Balaban J connectivity index is 2.85. The topological polar surface area (TPSA) is 50.1 Å². The fourth-order valence-electron chi connectivity index (χ4n) is 0.884. The normalized spacial score (nSPS) is 11.8. The van der Waals surface area contributed by atoms with Gasteiger partial charge in [0.05, 0.1) is 11.6 Å². The van der Waals surface area contributed by atoms with E-state index in [1.807, 2.05) is 0 Å². The van der Waals surface area contributed by atoms with Crippen LogP contribution in [-0.4, -0.2) is 18.1 Å². The molecule has 0 fully saturated rings. The maximum Gasteiger partial charge on any atom is 0.465 e. The fraction of sp³-hybridized carbons (Fsp3) is 0.200. The fourth-order valence-corrected chi connectivity index (χ4v) is 0.884. The van der Waals surface area contributed by atoms with Gasteiger partial charge in [0.15, 0.2) is 0 Å². The number of hydrogen-bond acceptors (Lipinski definition) is 3. The van der Waals surface area contributed by atoms with Gasteiger partial charge in [0.1, 0.15) is 5.75 Å². The van der Waals surface area contributed by atoms with Crippen molar-refractivity contribution in [1.29, 1.82) is 5.26 Å². The Morgan fingerprint density at radius 2 is 1.61 bits per heavy atom. The highest BCUT2D eigenvalue weighted by Gasteiger charge is 2.65. The molecule has 0 heterocycles. The molecule has 0 radical (unpaired) electrons. The number of halogens is 5. The van der Waals surface area contributed by atoms with E-state index in [0.717, 1.165) is 24.3 Å². The summed E-state index contributed by atoms with van der Waals surface area (Å²) in [5, 5.41) is 8.42. The molecule has 8 heteroatoms. The third kappa shape index (κ3) is 2.74. The van der Waals surface area contributed by atoms with Gasteiger partial charge in [-0.3, -0.25) is 0 Å². The first-order valence-electron chi connectivity index (χ1n) is 4.35. The smallest absolute Gasteiger partial charge is 0.422 e. The Bertz CT molecular complexity index is 486. The van der Waals surface area contributed by atoms with Crippen LogP contribution >= 0.6 is 0 Å². The zero-order valence-electron chi connectivity index (χ0n) is 8.46. The number of carbonyl (C=O) groups is 1. The summed E-state index contributed by atoms with van der Waals surface area (Å²) in [5.41, 5.74) is 0.136. The van der Waals surface area contributed by atoms with Gasteiger partial charge in [0.2, 0.25) is 0 Å². The van der Waals surface area contributed by atoms with E-state index < -0.39 is 23.8 Å². The van der Waals surface area contributed by atoms with Crippen molar-refractivity contribution in [1.82, 2.24) is 0 Å². The van der Waals surface area contributed by atoms with Crippen molar-refractivity contribution in [3.63, 3.8) is 0 Å². The van der Waals surface area contributed by atoms with E-state index in [-0.39, 0.29) is 5.56 Å². The van der Waals surface area contributed by atoms with Crippen LogP contribution in [0.5, 0.6) is 5.75 Å². The minimum Gasteiger partial charge on any atom is -0.422 e. The molecular formula is C10H4F5NO2. The van der Waals surface area contributed by atoms with Crippen LogP contribution in [0, 0.1) is 11.3 Å². The van der Waals surface area contributed by atoms with Crippen molar-refractivity contribution in [2.75, 3.05) is 0 Å². The summed E-state index contributed by atoms with van der Waals surface area (Å²) in [4.78, 5) is 10.7. The van der Waals surface area contributed by atoms with E-state index in [2.05, 4.69) is 4.74 Å². The Labute approximate surface area is 97.4 Å². The van der Waals surface area contributed by atoms with Crippen molar-refractivity contribution in [3.8, 4) is 11.8 Å². The zero-order chi connectivity index (χ0) is 14.0. The molecule has 0 aliphatic rings. The summed E-state index contributed by atoms with van der Waals surface area (Å²) in [5.74, 6) is -8.82. The molecule has 1 aromatic rings. The molecule has 96 valence electrons. The van der Waals surface area contributed by atoms with Gasteiger partial charge in [-0.15, -0.1) is 0 Å². The number of esters is 1. The van der Waals surface area contributed by atoms with Gasteiger partial charge in [0, 0.05) is 0 Å². The average molecular weight is 265 g/mol. The molecule has 1 rings (SSSR count). The number of carbonyl (C=O) groups excluding carboxylic acids is 1. The second kappa shape index (κ2) is 4.60. The number of nitriles is 1. The van der Waals surface area contributed by atoms with Crippen LogP contribution in [0.2, 0.25) is 0 Å². The van der Waals surface area contributed by atoms with Gasteiger partial charge < -0.3 is 4.74 Å². The van der Waals surface area contributed by atoms with Crippen molar-refractivity contribution in [2.45, 2.75) is 12.1 Å². The first kappa shape index (κ1) is 13.9.